The smallest absolute Gasteiger partial charge is 0.245 e. The average molecular weight is 266 g/mol. The van der Waals surface area contributed by atoms with E-state index in [2.05, 4.69) is 19.2 Å². The Morgan fingerprint density at radius 1 is 1.37 bits per heavy atom. The Bertz CT molecular complexity index is 396. The van der Waals surface area contributed by atoms with Crippen molar-refractivity contribution in [3.05, 3.63) is 0 Å². The van der Waals surface area contributed by atoms with Crippen molar-refractivity contribution in [3.63, 3.8) is 0 Å². The van der Waals surface area contributed by atoms with Crippen molar-refractivity contribution in [2.45, 2.75) is 63.8 Å². The minimum Gasteiger partial charge on any atom is -0.373 e. The first-order valence-corrected chi connectivity index (χ1v) is 7.30. The maximum atomic E-state index is 12.5. The van der Waals surface area contributed by atoms with Crippen LogP contribution in [0.4, 0.5) is 0 Å². The highest BCUT2D eigenvalue weighted by atomic mass is 16.5. The molecule has 4 atom stereocenters. The highest BCUT2D eigenvalue weighted by molar-refractivity contribution is 5.95. The van der Waals surface area contributed by atoms with Crippen molar-refractivity contribution in [1.29, 1.82) is 0 Å². The topological polar surface area (TPSA) is 58.6 Å². The minimum absolute atomic E-state index is 0.0342. The summed E-state index contributed by atoms with van der Waals surface area (Å²) >= 11 is 0. The van der Waals surface area contributed by atoms with Gasteiger partial charge in [-0.1, -0.05) is 13.8 Å². The third kappa shape index (κ3) is 2.36. The predicted molar refractivity (Wildman–Crippen MR) is 69.4 cm³/mol. The van der Waals surface area contributed by atoms with Crippen LogP contribution in [0.2, 0.25) is 0 Å². The van der Waals surface area contributed by atoms with Crippen LogP contribution in [0.15, 0.2) is 0 Å². The van der Waals surface area contributed by atoms with Gasteiger partial charge in [0.1, 0.15) is 12.6 Å². The van der Waals surface area contributed by atoms with Crippen LogP contribution in [-0.2, 0) is 14.3 Å². The third-order valence-electron chi connectivity index (χ3n) is 4.41. The molecule has 0 aromatic rings. The van der Waals surface area contributed by atoms with Gasteiger partial charge in [0.15, 0.2) is 0 Å². The van der Waals surface area contributed by atoms with Crippen molar-refractivity contribution >= 4 is 11.8 Å². The molecule has 106 valence electrons. The molecule has 1 N–H and O–H groups in total. The molecule has 3 aliphatic heterocycles. The zero-order chi connectivity index (χ0) is 13.6. The van der Waals surface area contributed by atoms with Crippen molar-refractivity contribution in [3.8, 4) is 0 Å². The molecule has 0 aromatic heterocycles. The lowest BCUT2D eigenvalue weighted by Gasteiger charge is -2.39. The number of carbonyl (C=O) groups excluding carboxylic acids is 2. The SMILES string of the molecule is CC(C)CC1NC(=O)CN(C2CC3CCC2O3)C1=O. The summed E-state index contributed by atoms with van der Waals surface area (Å²) in [5.74, 6) is 0.438. The van der Waals surface area contributed by atoms with Gasteiger partial charge in [0.05, 0.1) is 18.2 Å². The van der Waals surface area contributed by atoms with E-state index in [0.29, 0.717) is 18.4 Å². The molecule has 0 radical (unpaired) electrons. The van der Waals surface area contributed by atoms with Crippen LogP contribution in [0.3, 0.4) is 0 Å². The van der Waals surface area contributed by atoms with Gasteiger partial charge in [0, 0.05) is 0 Å². The summed E-state index contributed by atoms with van der Waals surface area (Å²) in [5.41, 5.74) is 0. The lowest BCUT2D eigenvalue weighted by molar-refractivity contribution is -0.148. The largest absolute Gasteiger partial charge is 0.373 e. The summed E-state index contributed by atoms with van der Waals surface area (Å²) in [7, 11) is 0. The molecule has 3 saturated heterocycles. The van der Waals surface area contributed by atoms with E-state index in [-0.39, 0.29) is 36.5 Å². The number of piperazine rings is 1. The molecule has 0 saturated carbocycles. The molecule has 5 heteroatoms. The second kappa shape index (κ2) is 4.78. The molecule has 2 amide bonds. The van der Waals surface area contributed by atoms with Gasteiger partial charge in [-0.25, -0.2) is 0 Å². The van der Waals surface area contributed by atoms with E-state index >= 15 is 0 Å². The molecular weight excluding hydrogens is 244 g/mol. The maximum absolute atomic E-state index is 12.5. The van der Waals surface area contributed by atoms with E-state index in [1.165, 1.54) is 0 Å². The summed E-state index contributed by atoms with van der Waals surface area (Å²) in [4.78, 5) is 26.1. The Labute approximate surface area is 113 Å². The fourth-order valence-electron chi connectivity index (χ4n) is 3.59. The second-order valence-corrected chi connectivity index (χ2v) is 6.39. The zero-order valence-electron chi connectivity index (χ0n) is 11.6. The number of nitrogens with zero attached hydrogens (tertiary/aromatic N) is 1. The van der Waals surface area contributed by atoms with Crippen molar-refractivity contribution in [2.75, 3.05) is 6.54 Å². The quantitative estimate of drug-likeness (QED) is 0.817. The van der Waals surface area contributed by atoms with Crippen LogP contribution >= 0.6 is 0 Å². The minimum atomic E-state index is -0.347. The zero-order valence-corrected chi connectivity index (χ0v) is 11.6. The Kier molecular flexibility index (Phi) is 3.25. The lowest BCUT2D eigenvalue weighted by Crippen LogP contribution is -2.62. The molecule has 3 heterocycles. The van der Waals surface area contributed by atoms with Crippen LogP contribution < -0.4 is 5.32 Å². The summed E-state index contributed by atoms with van der Waals surface area (Å²) in [6.45, 7) is 4.34. The van der Waals surface area contributed by atoms with Gasteiger partial charge in [-0.3, -0.25) is 9.59 Å². The van der Waals surface area contributed by atoms with Crippen molar-refractivity contribution < 1.29 is 14.3 Å². The fraction of sp³-hybridized carbons (Fsp3) is 0.857. The normalized spacial score (nSPS) is 38.2. The molecule has 0 spiro atoms. The number of ether oxygens (including phenoxy) is 1. The van der Waals surface area contributed by atoms with Crippen molar-refractivity contribution in [2.24, 2.45) is 5.92 Å². The average Bonchev–Trinajstić information content (AvgIpc) is 2.94. The van der Waals surface area contributed by atoms with Crippen LogP contribution in [0, 0.1) is 5.92 Å². The van der Waals surface area contributed by atoms with Gasteiger partial charge in [-0.15, -0.1) is 0 Å². The Morgan fingerprint density at radius 3 is 2.74 bits per heavy atom. The van der Waals surface area contributed by atoms with Gasteiger partial charge in [0.25, 0.3) is 0 Å². The van der Waals surface area contributed by atoms with Crippen molar-refractivity contribution in [1.82, 2.24) is 10.2 Å². The number of carbonyl (C=O) groups is 2. The van der Waals surface area contributed by atoms with Gasteiger partial charge in [0.2, 0.25) is 11.8 Å². The van der Waals surface area contributed by atoms with E-state index in [0.717, 1.165) is 19.3 Å². The first-order chi connectivity index (χ1) is 9.04. The molecule has 0 aliphatic carbocycles. The maximum Gasteiger partial charge on any atom is 0.245 e. The molecule has 3 rings (SSSR count). The number of fused-ring (bicyclic) bond motifs is 2. The Morgan fingerprint density at radius 2 is 2.16 bits per heavy atom. The molecule has 5 nitrogen and oxygen atoms in total. The van der Waals surface area contributed by atoms with E-state index in [9.17, 15) is 9.59 Å². The van der Waals surface area contributed by atoms with Crippen LogP contribution in [0.5, 0.6) is 0 Å². The van der Waals surface area contributed by atoms with Gasteiger partial charge >= 0.3 is 0 Å². The van der Waals surface area contributed by atoms with E-state index in [1.807, 2.05) is 0 Å². The number of nitrogens with one attached hydrogen (secondary N) is 1. The van der Waals surface area contributed by atoms with Crippen LogP contribution in [0.25, 0.3) is 0 Å². The Hall–Kier alpha value is -1.10. The summed E-state index contributed by atoms with van der Waals surface area (Å²) < 4.78 is 5.81. The molecular formula is C14H22N2O3. The van der Waals surface area contributed by atoms with Gasteiger partial charge < -0.3 is 15.0 Å². The predicted octanol–water partition coefficient (Wildman–Crippen LogP) is 0.679. The monoisotopic (exact) mass is 266 g/mol. The third-order valence-corrected chi connectivity index (χ3v) is 4.41. The Balaban J connectivity index is 1.73. The summed E-state index contributed by atoms with van der Waals surface area (Å²) in [5, 5.41) is 2.82. The molecule has 19 heavy (non-hydrogen) atoms. The molecule has 3 aliphatic rings. The second-order valence-electron chi connectivity index (χ2n) is 6.39. The van der Waals surface area contributed by atoms with E-state index in [4.69, 9.17) is 4.74 Å². The molecule has 4 unspecified atom stereocenters. The highest BCUT2D eigenvalue weighted by Crippen LogP contribution is 2.37. The van der Waals surface area contributed by atoms with Crippen LogP contribution in [0.1, 0.15) is 39.5 Å². The van der Waals surface area contributed by atoms with Gasteiger partial charge in [-0.05, 0) is 31.6 Å². The first-order valence-electron chi connectivity index (χ1n) is 7.30. The number of amides is 2. The summed E-state index contributed by atoms with van der Waals surface area (Å²) in [6.07, 6.45) is 4.19. The molecule has 0 aromatic carbocycles. The fourth-order valence-corrected chi connectivity index (χ4v) is 3.59. The summed E-state index contributed by atoms with van der Waals surface area (Å²) in [6, 6.07) is -0.229. The highest BCUT2D eigenvalue weighted by Gasteiger charge is 2.47. The number of hydrogen-bond acceptors (Lipinski definition) is 3. The standard InChI is InChI=1S/C14H22N2O3/c1-8(2)5-10-14(18)16(7-13(17)15-10)11-6-9-3-4-12(11)19-9/h8-12H,3-7H2,1-2H3,(H,15,17). The van der Waals surface area contributed by atoms with E-state index in [1.54, 1.807) is 4.90 Å². The lowest BCUT2D eigenvalue weighted by atomic mass is 9.92. The number of hydrogen-bond donors (Lipinski definition) is 1. The molecule has 3 fully saturated rings. The molecule has 2 bridgehead atoms. The van der Waals surface area contributed by atoms with E-state index < -0.39 is 0 Å². The number of rotatable bonds is 3. The first kappa shape index (κ1) is 12.9. The van der Waals surface area contributed by atoms with Gasteiger partial charge in [-0.2, -0.15) is 0 Å². The van der Waals surface area contributed by atoms with Crippen LogP contribution in [-0.4, -0.2) is 47.6 Å².